The van der Waals surface area contributed by atoms with Gasteiger partial charge in [-0.2, -0.15) is 0 Å². The third kappa shape index (κ3) is 5.84. The smallest absolute Gasteiger partial charge is 0.410 e. The van der Waals surface area contributed by atoms with Gasteiger partial charge in [-0.15, -0.1) is 0 Å². The van der Waals surface area contributed by atoms with Crippen LogP contribution >= 0.6 is 0 Å². The minimum atomic E-state index is -0.476. The molecule has 1 amide bonds. The molecule has 1 saturated heterocycles. The Morgan fingerprint density at radius 1 is 1.26 bits per heavy atom. The maximum absolute atomic E-state index is 12.1. The van der Waals surface area contributed by atoms with E-state index in [2.05, 4.69) is 0 Å². The molecule has 23 heavy (non-hydrogen) atoms. The lowest BCUT2D eigenvalue weighted by molar-refractivity contribution is -0.134. The average Bonchev–Trinajstić information content (AvgIpc) is 2.86. The summed E-state index contributed by atoms with van der Waals surface area (Å²) in [4.78, 5) is 13.8. The summed E-state index contributed by atoms with van der Waals surface area (Å²) in [5, 5.41) is 0. The van der Waals surface area contributed by atoms with Gasteiger partial charge in [0.1, 0.15) is 12.4 Å². The summed E-state index contributed by atoms with van der Waals surface area (Å²) in [7, 11) is 0. The van der Waals surface area contributed by atoms with Gasteiger partial charge in [-0.1, -0.05) is 30.3 Å². The summed E-state index contributed by atoms with van der Waals surface area (Å²) in [5.74, 6) is 0. The molecule has 0 aliphatic carbocycles. The first-order chi connectivity index (χ1) is 10.8. The van der Waals surface area contributed by atoms with E-state index in [9.17, 15) is 4.79 Å². The van der Waals surface area contributed by atoms with Crippen LogP contribution in [0.3, 0.4) is 0 Å². The summed E-state index contributed by atoms with van der Waals surface area (Å²) in [6, 6.07) is 9.97. The van der Waals surface area contributed by atoms with Crippen molar-refractivity contribution in [2.45, 2.75) is 51.9 Å². The number of rotatable bonds is 5. The molecule has 1 aliphatic rings. The van der Waals surface area contributed by atoms with Crippen molar-refractivity contribution in [2.24, 2.45) is 0 Å². The number of nitrogens with zero attached hydrogens (tertiary/aromatic N) is 1. The number of carbonyl (C=O) groups is 1. The zero-order valence-electron chi connectivity index (χ0n) is 14.5. The highest BCUT2D eigenvalue weighted by molar-refractivity contribution is 5.68. The van der Waals surface area contributed by atoms with Crippen molar-refractivity contribution in [1.82, 2.24) is 4.90 Å². The monoisotopic (exact) mass is 321 g/mol. The first-order valence-electron chi connectivity index (χ1n) is 8.01. The molecule has 2 rings (SSSR count). The Morgan fingerprint density at radius 3 is 2.61 bits per heavy atom. The molecule has 0 saturated carbocycles. The Morgan fingerprint density at radius 2 is 1.96 bits per heavy atom. The predicted octanol–water partition coefficient (Wildman–Crippen LogP) is 3.58. The molecule has 128 valence electrons. The fourth-order valence-corrected chi connectivity index (χ4v) is 2.45. The van der Waals surface area contributed by atoms with E-state index in [-0.39, 0.29) is 18.5 Å². The molecular formula is C18H27NO4. The van der Waals surface area contributed by atoms with E-state index in [1.54, 1.807) is 4.90 Å². The molecule has 1 fully saturated rings. The lowest BCUT2D eigenvalue weighted by atomic mass is 10.1. The van der Waals surface area contributed by atoms with Gasteiger partial charge in [0.15, 0.2) is 0 Å². The van der Waals surface area contributed by atoms with Crippen LogP contribution in [0.1, 0.15) is 39.7 Å². The quantitative estimate of drug-likeness (QED) is 0.614. The summed E-state index contributed by atoms with van der Waals surface area (Å²) >= 11 is 0. The minimum Gasteiger partial charge on any atom is -0.444 e. The predicted molar refractivity (Wildman–Crippen MR) is 88.0 cm³/mol. The van der Waals surface area contributed by atoms with E-state index in [0.29, 0.717) is 19.7 Å². The molecule has 1 heterocycles. The van der Waals surface area contributed by atoms with Crippen molar-refractivity contribution < 1.29 is 19.0 Å². The van der Waals surface area contributed by atoms with Crippen molar-refractivity contribution >= 4 is 6.09 Å². The van der Waals surface area contributed by atoms with Crippen molar-refractivity contribution in [3.05, 3.63) is 35.9 Å². The Labute approximate surface area is 138 Å². The lowest BCUT2D eigenvalue weighted by Crippen LogP contribution is -2.39. The molecule has 0 radical (unpaired) electrons. The van der Waals surface area contributed by atoms with Gasteiger partial charge in [-0.05, 0) is 39.7 Å². The largest absolute Gasteiger partial charge is 0.444 e. The third-order valence-electron chi connectivity index (χ3n) is 3.69. The van der Waals surface area contributed by atoms with Crippen molar-refractivity contribution in [3.8, 4) is 0 Å². The number of benzene rings is 1. The fraction of sp³-hybridized carbons (Fsp3) is 0.611. The molecule has 0 bridgehead atoms. The maximum Gasteiger partial charge on any atom is 0.410 e. The minimum absolute atomic E-state index is 0.216. The van der Waals surface area contributed by atoms with E-state index in [1.807, 2.05) is 58.0 Å². The van der Waals surface area contributed by atoms with E-state index in [1.165, 1.54) is 0 Å². The first-order valence-corrected chi connectivity index (χ1v) is 8.01. The normalized spacial score (nSPS) is 21.5. The molecule has 5 heteroatoms. The number of likely N-dealkylation sites (tertiary alicyclic amines) is 1. The SMILES string of the molecule is CC(C)(C)OC(=O)N1CCC(C)(OCOCc2ccccc2)C1. The topological polar surface area (TPSA) is 48.0 Å². The zero-order chi connectivity index (χ0) is 16.9. The van der Waals surface area contributed by atoms with Crippen LogP contribution in [0.2, 0.25) is 0 Å². The van der Waals surface area contributed by atoms with E-state index < -0.39 is 5.60 Å². The maximum atomic E-state index is 12.1. The van der Waals surface area contributed by atoms with Crippen LogP contribution in [0.15, 0.2) is 30.3 Å². The number of hydrogen-bond donors (Lipinski definition) is 0. The van der Waals surface area contributed by atoms with Crippen LogP contribution in [0.4, 0.5) is 4.79 Å². The van der Waals surface area contributed by atoms with Gasteiger partial charge in [0.05, 0.1) is 18.8 Å². The third-order valence-corrected chi connectivity index (χ3v) is 3.69. The molecule has 1 unspecified atom stereocenters. The molecule has 5 nitrogen and oxygen atoms in total. The highest BCUT2D eigenvalue weighted by atomic mass is 16.7. The fourth-order valence-electron chi connectivity index (χ4n) is 2.45. The van der Waals surface area contributed by atoms with Gasteiger partial charge in [-0.25, -0.2) is 4.79 Å². The zero-order valence-corrected chi connectivity index (χ0v) is 14.5. The van der Waals surface area contributed by atoms with Gasteiger partial charge in [-0.3, -0.25) is 0 Å². The second-order valence-corrected chi connectivity index (χ2v) is 7.20. The molecule has 1 atom stereocenters. The van der Waals surface area contributed by atoms with Crippen LogP contribution in [-0.4, -0.2) is 42.1 Å². The van der Waals surface area contributed by atoms with Gasteiger partial charge in [0.25, 0.3) is 0 Å². The number of amides is 1. The van der Waals surface area contributed by atoms with Crippen LogP contribution < -0.4 is 0 Å². The van der Waals surface area contributed by atoms with Crippen molar-refractivity contribution in [2.75, 3.05) is 19.9 Å². The van der Waals surface area contributed by atoms with Gasteiger partial charge in [0, 0.05) is 6.54 Å². The standard InChI is InChI=1S/C18H27NO4/c1-17(2,3)23-16(20)19-11-10-18(4,13-19)22-14-21-12-15-8-6-5-7-9-15/h5-9H,10-14H2,1-4H3. The summed E-state index contributed by atoms with van der Waals surface area (Å²) in [5.41, 5.74) is 0.256. The second kappa shape index (κ2) is 7.32. The molecule has 0 spiro atoms. The Hall–Kier alpha value is -1.59. The summed E-state index contributed by atoms with van der Waals surface area (Å²) in [6.45, 7) is 9.51. The number of ether oxygens (including phenoxy) is 3. The van der Waals surface area contributed by atoms with Crippen molar-refractivity contribution in [1.29, 1.82) is 0 Å². The summed E-state index contributed by atoms with van der Waals surface area (Å²) in [6.07, 6.45) is 0.496. The summed E-state index contributed by atoms with van der Waals surface area (Å²) < 4.78 is 16.8. The molecule has 1 aromatic rings. The molecule has 1 aromatic carbocycles. The van der Waals surface area contributed by atoms with Crippen LogP contribution in [-0.2, 0) is 20.8 Å². The van der Waals surface area contributed by atoms with Crippen molar-refractivity contribution in [3.63, 3.8) is 0 Å². The molecule has 1 aliphatic heterocycles. The van der Waals surface area contributed by atoms with Crippen LogP contribution in [0.25, 0.3) is 0 Å². The lowest BCUT2D eigenvalue weighted by Gasteiger charge is -2.27. The highest BCUT2D eigenvalue weighted by Gasteiger charge is 2.38. The first kappa shape index (κ1) is 17.8. The number of hydrogen-bond acceptors (Lipinski definition) is 4. The van der Waals surface area contributed by atoms with E-state index in [0.717, 1.165) is 12.0 Å². The van der Waals surface area contributed by atoms with E-state index >= 15 is 0 Å². The van der Waals surface area contributed by atoms with Gasteiger partial charge >= 0.3 is 6.09 Å². The number of carbonyl (C=O) groups excluding carboxylic acids is 1. The molecule has 0 N–H and O–H groups in total. The highest BCUT2D eigenvalue weighted by Crippen LogP contribution is 2.26. The van der Waals surface area contributed by atoms with Crippen LogP contribution in [0, 0.1) is 0 Å². The van der Waals surface area contributed by atoms with Gasteiger partial charge < -0.3 is 19.1 Å². The average molecular weight is 321 g/mol. The molecular weight excluding hydrogens is 294 g/mol. The van der Waals surface area contributed by atoms with E-state index in [4.69, 9.17) is 14.2 Å². The van der Waals surface area contributed by atoms with Crippen LogP contribution in [0.5, 0.6) is 0 Å². The molecule has 0 aromatic heterocycles. The Kier molecular flexibility index (Phi) is 5.65. The van der Waals surface area contributed by atoms with Gasteiger partial charge in [0.2, 0.25) is 0 Å². The Balaban J connectivity index is 1.72. The second-order valence-electron chi connectivity index (χ2n) is 7.20. The Bertz CT molecular complexity index is 512.